The van der Waals surface area contributed by atoms with Gasteiger partial charge in [0.05, 0.1) is 12.6 Å². The number of guanidine groups is 1. The Labute approximate surface area is 207 Å². The number of ether oxygens (including phenoxy) is 1. The fraction of sp³-hybridized carbons (Fsp3) is 0.440. The highest BCUT2D eigenvalue weighted by molar-refractivity contribution is 14.0. The van der Waals surface area contributed by atoms with E-state index in [1.54, 1.807) is 0 Å². The number of para-hydroxylation sites is 2. The number of aliphatic imine (C=N–C) groups is 1. The van der Waals surface area contributed by atoms with E-state index in [4.69, 9.17) is 9.73 Å². The number of nitrogens with one attached hydrogen (secondary N) is 3. The highest BCUT2D eigenvalue weighted by Gasteiger charge is 2.24. The van der Waals surface area contributed by atoms with Crippen LogP contribution in [-0.2, 0) is 11.3 Å². The molecule has 2 aliphatic rings. The molecule has 1 aliphatic carbocycles. The minimum atomic E-state index is 0. The molecule has 0 aromatic heterocycles. The number of amides is 1. The molecule has 3 N–H and O–H groups in total. The van der Waals surface area contributed by atoms with Gasteiger partial charge in [-0.1, -0.05) is 36.4 Å². The fourth-order valence-corrected chi connectivity index (χ4v) is 4.34. The van der Waals surface area contributed by atoms with Crippen LogP contribution in [0.15, 0.2) is 53.5 Å². The summed E-state index contributed by atoms with van der Waals surface area (Å²) in [5, 5.41) is 9.71. The van der Waals surface area contributed by atoms with Gasteiger partial charge in [-0.2, -0.15) is 0 Å². The number of halogens is 1. The molecule has 32 heavy (non-hydrogen) atoms. The quantitative estimate of drug-likeness (QED) is 0.264. The van der Waals surface area contributed by atoms with Gasteiger partial charge in [0.1, 0.15) is 5.75 Å². The van der Waals surface area contributed by atoms with Crippen LogP contribution >= 0.6 is 24.0 Å². The van der Waals surface area contributed by atoms with Crippen molar-refractivity contribution in [1.82, 2.24) is 10.6 Å². The number of rotatable bonds is 7. The molecule has 0 radical (unpaired) electrons. The number of benzene rings is 2. The van der Waals surface area contributed by atoms with Crippen LogP contribution in [0, 0.1) is 0 Å². The highest BCUT2D eigenvalue weighted by atomic mass is 127. The zero-order chi connectivity index (χ0) is 21.5. The molecule has 2 aromatic rings. The van der Waals surface area contributed by atoms with Crippen molar-refractivity contribution in [1.29, 1.82) is 0 Å². The van der Waals surface area contributed by atoms with Crippen molar-refractivity contribution in [3.05, 3.63) is 59.7 Å². The summed E-state index contributed by atoms with van der Waals surface area (Å²) in [6.07, 6.45) is 5.58. The van der Waals surface area contributed by atoms with Gasteiger partial charge in [-0.3, -0.25) is 4.79 Å². The smallest absolute Gasteiger partial charge is 0.225 e. The van der Waals surface area contributed by atoms with E-state index >= 15 is 0 Å². The highest BCUT2D eigenvalue weighted by Crippen LogP contribution is 2.31. The van der Waals surface area contributed by atoms with Gasteiger partial charge in [-0.25, -0.2) is 4.99 Å². The van der Waals surface area contributed by atoms with Gasteiger partial charge in [-0.15, -0.1) is 24.0 Å². The molecule has 4 rings (SSSR count). The summed E-state index contributed by atoms with van der Waals surface area (Å²) in [7, 11) is 0. The van der Waals surface area contributed by atoms with E-state index in [1.165, 1.54) is 18.4 Å². The Hall–Kier alpha value is -2.29. The Bertz CT molecular complexity index is 928. The minimum absolute atomic E-state index is 0. The second kappa shape index (κ2) is 12.1. The first-order valence-corrected chi connectivity index (χ1v) is 11.4. The van der Waals surface area contributed by atoms with Gasteiger partial charge in [0.2, 0.25) is 5.91 Å². The van der Waals surface area contributed by atoms with Crippen molar-refractivity contribution in [3.8, 4) is 5.75 Å². The number of carbonyl (C=O) groups is 1. The molecule has 0 spiro atoms. The summed E-state index contributed by atoms with van der Waals surface area (Å²) < 4.78 is 6.25. The molecule has 1 saturated carbocycles. The number of carbonyl (C=O) groups excluding carboxylic acids is 1. The normalized spacial score (nSPS) is 18.3. The summed E-state index contributed by atoms with van der Waals surface area (Å²) >= 11 is 0. The van der Waals surface area contributed by atoms with Gasteiger partial charge >= 0.3 is 0 Å². The van der Waals surface area contributed by atoms with Crippen LogP contribution in [0.1, 0.15) is 56.1 Å². The maximum atomic E-state index is 12.1. The molecule has 6 nitrogen and oxygen atoms in total. The Balaban J connectivity index is 0.00000289. The van der Waals surface area contributed by atoms with Crippen molar-refractivity contribution >= 4 is 41.5 Å². The average Bonchev–Trinajstić information content (AvgIpc) is 3.29. The average molecular weight is 548 g/mol. The molecule has 1 atom stereocenters. The van der Waals surface area contributed by atoms with Gasteiger partial charge in [-0.05, 0) is 50.3 Å². The summed E-state index contributed by atoms with van der Waals surface area (Å²) in [5.74, 6) is 1.87. The lowest BCUT2D eigenvalue weighted by Gasteiger charge is -2.26. The molecule has 1 unspecified atom stereocenters. The second-order valence-corrected chi connectivity index (χ2v) is 8.24. The summed E-state index contributed by atoms with van der Waals surface area (Å²) in [6, 6.07) is 16.2. The van der Waals surface area contributed by atoms with Crippen LogP contribution in [0.25, 0.3) is 0 Å². The third kappa shape index (κ3) is 6.37. The predicted molar refractivity (Wildman–Crippen MR) is 140 cm³/mol. The molecule has 7 heteroatoms. The van der Waals surface area contributed by atoms with Crippen LogP contribution in [0.3, 0.4) is 0 Å². The number of anilines is 1. The Morgan fingerprint density at radius 1 is 1.09 bits per heavy atom. The SMILES string of the molecule is CCNC(=NCc1ccccc1OC1CCCC1)NCC1CC(=O)Nc2ccccc21.I. The van der Waals surface area contributed by atoms with Crippen LogP contribution in [0.5, 0.6) is 5.75 Å². The number of fused-ring (bicyclic) bond motifs is 1. The molecule has 1 amide bonds. The van der Waals surface area contributed by atoms with Crippen molar-refractivity contribution in [2.45, 2.75) is 57.6 Å². The van der Waals surface area contributed by atoms with Gasteiger partial charge in [0.25, 0.3) is 0 Å². The third-order valence-corrected chi connectivity index (χ3v) is 5.94. The second-order valence-electron chi connectivity index (χ2n) is 8.24. The molecule has 0 bridgehead atoms. The number of hydrogen-bond acceptors (Lipinski definition) is 3. The number of hydrogen-bond donors (Lipinski definition) is 3. The molecule has 1 heterocycles. The minimum Gasteiger partial charge on any atom is -0.490 e. The first-order valence-electron chi connectivity index (χ1n) is 11.4. The van der Waals surface area contributed by atoms with E-state index in [0.29, 0.717) is 25.6 Å². The van der Waals surface area contributed by atoms with E-state index in [1.807, 2.05) is 36.4 Å². The maximum Gasteiger partial charge on any atom is 0.225 e. The first kappa shape index (κ1) is 24.4. The molecule has 1 aliphatic heterocycles. The van der Waals surface area contributed by atoms with Crippen molar-refractivity contribution in [3.63, 3.8) is 0 Å². The summed E-state index contributed by atoms with van der Waals surface area (Å²) in [5.41, 5.74) is 3.17. The standard InChI is InChI=1S/C25H32N4O2.HI/c1-2-26-25(28-17-19-15-24(30)29-22-13-7-6-12-21(19)22)27-16-18-9-3-8-14-23(18)31-20-10-4-5-11-20;/h3,6-9,12-14,19-20H,2,4-5,10-11,15-17H2,1H3,(H,29,30)(H2,26,27,28);1H. The molecule has 0 saturated heterocycles. The summed E-state index contributed by atoms with van der Waals surface area (Å²) in [4.78, 5) is 16.9. The van der Waals surface area contributed by atoms with Crippen LogP contribution in [0.4, 0.5) is 5.69 Å². The van der Waals surface area contributed by atoms with Gasteiger partial charge in [0, 0.05) is 36.7 Å². The van der Waals surface area contributed by atoms with E-state index in [9.17, 15) is 4.79 Å². The molecular weight excluding hydrogens is 515 g/mol. The van der Waals surface area contributed by atoms with Gasteiger partial charge in [0.15, 0.2) is 5.96 Å². The van der Waals surface area contributed by atoms with E-state index in [-0.39, 0.29) is 35.8 Å². The fourth-order valence-electron chi connectivity index (χ4n) is 4.34. The lowest BCUT2D eigenvalue weighted by atomic mass is 9.90. The summed E-state index contributed by atoms with van der Waals surface area (Å²) in [6.45, 7) is 4.02. The predicted octanol–water partition coefficient (Wildman–Crippen LogP) is 4.81. The molecule has 2 aromatic carbocycles. The van der Waals surface area contributed by atoms with Crippen molar-refractivity contribution < 1.29 is 9.53 Å². The molecule has 1 fully saturated rings. The van der Waals surface area contributed by atoms with E-state index < -0.39 is 0 Å². The van der Waals surface area contributed by atoms with E-state index in [0.717, 1.165) is 42.3 Å². The van der Waals surface area contributed by atoms with Crippen LogP contribution in [0.2, 0.25) is 0 Å². The topological polar surface area (TPSA) is 74.8 Å². The van der Waals surface area contributed by atoms with Crippen molar-refractivity contribution in [2.75, 3.05) is 18.4 Å². The Morgan fingerprint density at radius 2 is 1.84 bits per heavy atom. The monoisotopic (exact) mass is 548 g/mol. The Morgan fingerprint density at radius 3 is 2.66 bits per heavy atom. The van der Waals surface area contributed by atoms with Crippen LogP contribution in [-0.4, -0.2) is 31.1 Å². The lowest BCUT2D eigenvalue weighted by Crippen LogP contribution is -2.40. The van der Waals surface area contributed by atoms with Crippen molar-refractivity contribution in [2.24, 2.45) is 4.99 Å². The number of nitrogens with zero attached hydrogens (tertiary/aromatic N) is 1. The van der Waals surface area contributed by atoms with Crippen LogP contribution < -0.4 is 20.7 Å². The zero-order valence-corrected chi connectivity index (χ0v) is 20.9. The van der Waals surface area contributed by atoms with Gasteiger partial charge < -0.3 is 20.7 Å². The molecule has 172 valence electrons. The maximum absolute atomic E-state index is 12.1. The van der Waals surface area contributed by atoms with E-state index in [2.05, 4.69) is 35.0 Å². The first-order chi connectivity index (χ1) is 15.2. The zero-order valence-electron chi connectivity index (χ0n) is 18.6. The lowest BCUT2D eigenvalue weighted by molar-refractivity contribution is -0.116. The largest absolute Gasteiger partial charge is 0.490 e. The third-order valence-electron chi connectivity index (χ3n) is 5.94. The molecular formula is C25H33IN4O2. The Kier molecular flexibility index (Phi) is 9.20.